The van der Waals surface area contributed by atoms with Gasteiger partial charge in [0.25, 0.3) is 11.5 Å². The van der Waals surface area contributed by atoms with Crippen LogP contribution in [0.4, 0.5) is 0 Å². The third kappa shape index (κ3) is 3.62. The van der Waals surface area contributed by atoms with E-state index < -0.39 is 28.6 Å². The molecule has 23 heavy (non-hydrogen) atoms. The Morgan fingerprint density at radius 1 is 1.39 bits per heavy atom. The van der Waals surface area contributed by atoms with Crippen molar-refractivity contribution in [1.82, 2.24) is 14.9 Å². The maximum atomic E-state index is 12.1. The fraction of sp³-hybridized carbons (Fsp3) is 0.267. The van der Waals surface area contributed by atoms with Crippen molar-refractivity contribution in [2.45, 2.75) is 19.8 Å². The Morgan fingerprint density at radius 3 is 2.78 bits per heavy atom. The summed E-state index contributed by atoms with van der Waals surface area (Å²) in [6, 6.07) is 6.12. The Hall–Kier alpha value is -2.54. The van der Waals surface area contributed by atoms with E-state index in [1.807, 2.05) is 11.9 Å². The summed E-state index contributed by atoms with van der Waals surface area (Å²) in [4.78, 5) is 38.0. The minimum Gasteiger partial charge on any atom is -0.493 e. The van der Waals surface area contributed by atoms with Crippen molar-refractivity contribution in [2.24, 2.45) is 0 Å². The molecule has 0 fully saturated rings. The van der Waals surface area contributed by atoms with Crippen molar-refractivity contribution in [2.75, 3.05) is 6.54 Å². The average molecular weight is 338 g/mol. The first kappa shape index (κ1) is 16.8. The zero-order chi connectivity index (χ0) is 17.0. The summed E-state index contributed by atoms with van der Waals surface area (Å²) in [7, 11) is 0. The Bertz CT molecular complexity index is 841. The maximum Gasteiger partial charge on any atom is 0.335 e. The molecule has 3 N–H and O–H groups in total. The highest BCUT2D eigenvalue weighted by atomic mass is 35.5. The molecule has 7 nitrogen and oxygen atoms in total. The number of amides is 1. The second-order valence-corrected chi connectivity index (χ2v) is 5.32. The molecule has 1 aromatic carbocycles. The van der Waals surface area contributed by atoms with Gasteiger partial charge in [0.2, 0.25) is 5.88 Å². The molecular weight excluding hydrogens is 322 g/mol. The third-order valence-electron chi connectivity index (χ3n) is 3.20. The highest BCUT2D eigenvalue weighted by Crippen LogP contribution is 2.19. The molecule has 0 aliphatic rings. The number of benzene rings is 1. The quantitative estimate of drug-likeness (QED) is 0.717. The molecule has 122 valence electrons. The van der Waals surface area contributed by atoms with E-state index in [1.165, 1.54) is 12.1 Å². The van der Waals surface area contributed by atoms with Crippen molar-refractivity contribution in [3.05, 3.63) is 55.7 Å². The van der Waals surface area contributed by atoms with Crippen LogP contribution in [0.3, 0.4) is 0 Å². The number of aromatic amines is 1. The molecule has 1 aromatic heterocycles. The fourth-order valence-electron chi connectivity index (χ4n) is 2.05. The summed E-state index contributed by atoms with van der Waals surface area (Å²) in [5, 5.41) is 13.1. The molecule has 0 unspecified atom stereocenters. The molecule has 0 spiro atoms. The number of aromatic nitrogens is 2. The standard InChI is InChI=1S/C15H16ClN3O4/c1-2-3-7-17-12(20)11-13(21)18-15(23)19(14(11)22)10-6-4-5-9(16)8-10/h4-6,8,22H,2-3,7H2,1H3,(H,17,20)(H,18,21,23). The normalized spacial score (nSPS) is 10.5. The Balaban J connectivity index is 2.54. The monoisotopic (exact) mass is 337 g/mol. The van der Waals surface area contributed by atoms with Crippen LogP contribution in [0.5, 0.6) is 5.88 Å². The Kier molecular flexibility index (Phi) is 5.23. The zero-order valence-corrected chi connectivity index (χ0v) is 13.2. The molecule has 0 radical (unpaired) electrons. The first-order chi connectivity index (χ1) is 11.0. The van der Waals surface area contributed by atoms with Gasteiger partial charge in [0.15, 0.2) is 5.56 Å². The lowest BCUT2D eigenvalue weighted by molar-refractivity contribution is 0.0947. The molecule has 0 saturated heterocycles. The summed E-state index contributed by atoms with van der Waals surface area (Å²) >= 11 is 5.87. The lowest BCUT2D eigenvalue weighted by Crippen LogP contribution is -2.37. The highest BCUT2D eigenvalue weighted by Gasteiger charge is 2.21. The first-order valence-electron chi connectivity index (χ1n) is 7.08. The molecule has 0 aliphatic carbocycles. The summed E-state index contributed by atoms with van der Waals surface area (Å²) < 4.78 is 0.821. The number of H-pyrrole nitrogens is 1. The van der Waals surface area contributed by atoms with E-state index in [9.17, 15) is 19.5 Å². The van der Waals surface area contributed by atoms with Crippen LogP contribution in [-0.2, 0) is 0 Å². The van der Waals surface area contributed by atoms with Crippen molar-refractivity contribution < 1.29 is 9.90 Å². The number of hydrogen-bond acceptors (Lipinski definition) is 4. The second kappa shape index (κ2) is 7.15. The molecule has 8 heteroatoms. The SMILES string of the molecule is CCCCNC(=O)c1c(O)n(-c2cccc(Cl)c2)c(=O)[nH]c1=O. The zero-order valence-electron chi connectivity index (χ0n) is 12.4. The smallest absolute Gasteiger partial charge is 0.335 e. The summed E-state index contributed by atoms with van der Waals surface area (Å²) in [6.45, 7) is 2.32. The number of aromatic hydroxyl groups is 1. The molecule has 1 heterocycles. The molecule has 0 saturated carbocycles. The largest absolute Gasteiger partial charge is 0.493 e. The van der Waals surface area contributed by atoms with Crippen LogP contribution in [0.2, 0.25) is 5.02 Å². The van der Waals surface area contributed by atoms with Crippen LogP contribution >= 0.6 is 11.6 Å². The number of carbonyl (C=O) groups excluding carboxylic acids is 1. The van der Waals surface area contributed by atoms with E-state index in [4.69, 9.17) is 11.6 Å². The molecular formula is C15H16ClN3O4. The van der Waals surface area contributed by atoms with Gasteiger partial charge in [0.1, 0.15) is 0 Å². The minimum absolute atomic E-state index is 0.235. The second-order valence-electron chi connectivity index (χ2n) is 4.88. The van der Waals surface area contributed by atoms with Gasteiger partial charge < -0.3 is 10.4 Å². The van der Waals surface area contributed by atoms with Crippen LogP contribution in [-0.4, -0.2) is 27.1 Å². The summed E-state index contributed by atoms with van der Waals surface area (Å²) in [6.07, 6.45) is 1.60. The van der Waals surface area contributed by atoms with Gasteiger partial charge >= 0.3 is 5.69 Å². The number of halogens is 1. The van der Waals surface area contributed by atoms with E-state index in [1.54, 1.807) is 12.1 Å². The summed E-state index contributed by atoms with van der Waals surface area (Å²) in [5.74, 6) is -1.47. The van der Waals surface area contributed by atoms with E-state index in [0.717, 1.165) is 17.4 Å². The Morgan fingerprint density at radius 2 is 2.13 bits per heavy atom. The lowest BCUT2D eigenvalue weighted by Gasteiger charge is -2.11. The topological polar surface area (TPSA) is 104 Å². The molecule has 0 bridgehead atoms. The van der Waals surface area contributed by atoms with Crippen LogP contribution in [0.25, 0.3) is 5.69 Å². The fourth-order valence-corrected chi connectivity index (χ4v) is 2.24. The van der Waals surface area contributed by atoms with Crippen LogP contribution < -0.4 is 16.6 Å². The maximum absolute atomic E-state index is 12.1. The van der Waals surface area contributed by atoms with Gasteiger partial charge in [-0.15, -0.1) is 0 Å². The molecule has 0 atom stereocenters. The predicted molar refractivity (Wildman–Crippen MR) is 86.6 cm³/mol. The van der Waals surface area contributed by atoms with Crippen molar-refractivity contribution in [1.29, 1.82) is 0 Å². The number of hydrogen-bond donors (Lipinski definition) is 3. The molecule has 2 rings (SSSR count). The van der Waals surface area contributed by atoms with Crippen LogP contribution in [0.15, 0.2) is 33.9 Å². The predicted octanol–water partition coefficient (Wildman–Crippen LogP) is 1.41. The van der Waals surface area contributed by atoms with Gasteiger partial charge in [-0.25, -0.2) is 9.36 Å². The van der Waals surface area contributed by atoms with Crippen LogP contribution in [0, 0.1) is 0 Å². The first-order valence-corrected chi connectivity index (χ1v) is 7.46. The number of nitrogens with one attached hydrogen (secondary N) is 2. The van der Waals surface area contributed by atoms with Crippen molar-refractivity contribution in [3.63, 3.8) is 0 Å². The van der Waals surface area contributed by atoms with Crippen LogP contribution in [0.1, 0.15) is 30.1 Å². The molecule has 1 amide bonds. The van der Waals surface area contributed by atoms with Crippen molar-refractivity contribution >= 4 is 17.5 Å². The number of unbranched alkanes of at least 4 members (excludes halogenated alkanes) is 1. The lowest BCUT2D eigenvalue weighted by atomic mass is 10.2. The number of carbonyl (C=O) groups is 1. The summed E-state index contributed by atoms with van der Waals surface area (Å²) in [5.41, 5.74) is -2.08. The minimum atomic E-state index is -0.945. The van der Waals surface area contributed by atoms with Crippen molar-refractivity contribution in [3.8, 4) is 11.6 Å². The highest BCUT2D eigenvalue weighted by molar-refractivity contribution is 6.30. The van der Waals surface area contributed by atoms with E-state index in [-0.39, 0.29) is 5.69 Å². The van der Waals surface area contributed by atoms with E-state index >= 15 is 0 Å². The van der Waals surface area contributed by atoms with Gasteiger partial charge in [-0.1, -0.05) is 31.0 Å². The van der Waals surface area contributed by atoms with E-state index in [2.05, 4.69) is 5.32 Å². The molecule has 0 aliphatic heterocycles. The number of rotatable bonds is 5. The number of nitrogens with zero attached hydrogens (tertiary/aromatic N) is 1. The molecule has 2 aromatic rings. The van der Waals surface area contributed by atoms with Gasteiger partial charge in [0.05, 0.1) is 5.69 Å². The third-order valence-corrected chi connectivity index (χ3v) is 3.43. The van der Waals surface area contributed by atoms with Gasteiger partial charge in [-0.05, 0) is 24.6 Å². The van der Waals surface area contributed by atoms with Gasteiger partial charge in [-0.2, -0.15) is 0 Å². The Labute approximate surface area is 136 Å². The average Bonchev–Trinajstić information content (AvgIpc) is 2.47. The van der Waals surface area contributed by atoms with Gasteiger partial charge in [-0.3, -0.25) is 14.6 Å². The van der Waals surface area contributed by atoms with E-state index in [0.29, 0.717) is 11.6 Å². The van der Waals surface area contributed by atoms with Gasteiger partial charge in [0, 0.05) is 11.6 Å².